The molecule has 0 radical (unpaired) electrons. The first-order valence-electron chi connectivity index (χ1n) is 9.46. The van der Waals surface area contributed by atoms with E-state index in [1.807, 2.05) is 11.0 Å². The molecule has 1 saturated heterocycles. The molecule has 1 fully saturated rings. The van der Waals surface area contributed by atoms with Gasteiger partial charge in [-0.3, -0.25) is 4.99 Å². The number of nitrogens with zero attached hydrogens (tertiary/aromatic N) is 2. The van der Waals surface area contributed by atoms with Crippen LogP contribution >= 0.6 is 24.0 Å². The summed E-state index contributed by atoms with van der Waals surface area (Å²) in [6.07, 6.45) is 1.74. The molecule has 1 aromatic rings. The smallest absolute Gasteiger partial charge is 0.387 e. The zero-order chi connectivity index (χ0) is 20.2. The summed E-state index contributed by atoms with van der Waals surface area (Å²) < 4.78 is 40.2. The number of para-hydroxylation sites is 2. The Balaban J connectivity index is 0.00000420. The van der Waals surface area contributed by atoms with Crippen LogP contribution in [0.2, 0.25) is 0 Å². The van der Waals surface area contributed by atoms with Crippen molar-refractivity contribution in [2.75, 3.05) is 58.5 Å². The second-order valence-corrected chi connectivity index (χ2v) is 6.38. The highest BCUT2D eigenvalue weighted by Gasteiger charge is 2.25. The van der Waals surface area contributed by atoms with Crippen molar-refractivity contribution in [2.45, 2.75) is 25.5 Å². The van der Waals surface area contributed by atoms with Gasteiger partial charge in [0, 0.05) is 46.4 Å². The van der Waals surface area contributed by atoms with E-state index in [1.54, 1.807) is 32.4 Å². The van der Waals surface area contributed by atoms with E-state index < -0.39 is 6.61 Å². The Morgan fingerprint density at radius 1 is 1.28 bits per heavy atom. The quantitative estimate of drug-likeness (QED) is 0.199. The molecule has 0 spiro atoms. The number of hydrogen-bond acceptors (Lipinski definition) is 5. The van der Waals surface area contributed by atoms with E-state index in [0.717, 1.165) is 31.9 Å². The number of halogens is 3. The molecule has 2 N–H and O–H groups in total. The lowest BCUT2D eigenvalue weighted by molar-refractivity contribution is -0.0495. The summed E-state index contributed by atoms with van der Waals surface area (Å²) in [6.45, 7) is 1.20. The van der Waals surface area contributed by atoms with Crippen LogP contribution in [0, 0.1) is 0 Å². The van der Waals surface area contributed by atoms with Crippen molar-refractivity contribution < 1.29 is 23.0 Å². The molecule has 2 rings (SSSR count). The highest BCUT2D eigenvalue weighted by Crippen LogP contribution is 2.31. The lowest BCUT2D eigenvalue weighted by Gasteiger charge is -2.22. The molecule has 0 aliphatic carbocycles. The number of methoxy groups -OCH3 is 1. The minimum atomic E-state index is -2.83. The van der Waals surface area contributed by atoms with Crippen LogP contribution in [0.5, 0.6) is 5.75 Å². The summed E-state index contributed by atoms with van der Waals surface area (Å²) in [5, 5.41) is 6.65. The van der Waals surface area contributed by atoms with Crippen LogP contribution in [0.4, 0.5) is 14.5 Å². The molecule has 1 unspecified atom stereocenters. The Bertz CT molecular complexity index is 611. The van der Waals surface area contributed by atoms with Gasteiger partial charge in [-0.2, -0.15) is 8.78 Å². The Kier molecular flexibility index (Phi) is 12.9. The fourth-order valence-electron chi connectivity index (χ4n) is 3.02. The van der Waals surface area contributed by atoms with E-state index in [2.05, 4.69) is 20.4 Å². The van der Waals surface area contributed by atoms with Gasteiger partial charge in [-0.1, -0.05) is 12.1 Å². The molecule has 0 bridgehead atoms. The fraction of sp³-hybridized carbons (Fsp3) is 0.632. The third-order valence-corrected chi connectivity index (χ3v) is 4.36. The predicted octanol–water partition coefficient (Wildman–Crippen LogP) is 2.70. The lowest BCUT2D eigenvalue weighted by atomic mass is 10.2. The van der Waals surface area contributed by atoms with Crippen molar-refractivity contribution in [2.24, 2.45) is 4.99 Å². The number of nitrogens with one attached hydrogen (secondary N) is 2. The first-order valence-corrected chi connectivity index (χ1v) is 9.46. The van der Waals surface area contributed by atoms with E-state index in [0.29, 0.717) is 32.1 Å². The maximum atomic E-state index is 12.6. The lowest BCUT2D eigenvalue weighted by Crippen LogP contribution is -2.45. The van der Waals surface area contributed by atoms with Crippen LogP contribution in [0.1, 0.15) is 12.8 Å². The van der Waals surface area contributed by atoms with Crippen LogP contribution in [0.3, 0.4) is 0 Å². The molecule has 29 heavy (non-hydrogen) atoms. The number of rotatable bonds is 11. The van der Waals surface area contributed by atoms with Gasteiger partial charge in [-0.05, 0) is 25.0 Å². The molecule has 1 heterocycles. The van der Waals surface area contributed by atoms with Gasteiger partial charge >= 0.3 is 6.61 Å². The van der Waals surface area contributed by atoms with Gasteiger partial charge < -0.3 is 29.7 Å². The Hall–Kier alpha value is -1.40. The van der Waals surface area contributed by atoms with Crippen molar-refractivity contribution in [1.82, 2.24) is 10.6 Å². The Morgan fingerprint density at radius 3 is 2.79 bits per heavy atom. The predicted molar refractivity (Wildman–Crippen MR) is 121 cm³/mol. The maximum absolute atomic E-state index is 12.6. The molecular weight excluding hydrogens is 497 g/mol. The largest absolute Gasteiger partial charge is 0.433 e. The maximum Gasteiger partial charge on any atom is 0.387 e. The topological polar surface area (TPSA) is 67.4 Å². The monoisotopic (exact) mass is 528 g/mol. The summed E-state index contributed by atoms with van der Waals surface area (Å²) in [6, 6.07) is 7.05. The molecule has 0 aromatic heterocycles. The molecule has 0 amide bonds. The molecule has 1 atom stereocenters. The summed E-state index contributed by atoms with van der Waals surface area (Å²) >= 11 is 0. The molecular formula is C19H31F2IN4O3. The van der Waals surface area contributed by atoms with Crippen LogP contribution in [-0.2, 0) is 9.47 Å². The van der Waals surface area contributed by atoms with Gasteiger partial charge in [-0.25, -0.2) is 0 Å². The second kappa shape index (κ2) is 14.6. The van der Waals surface area contributed by atoms with Gasteiger partial charge in [0.1, 0.15) is 5.75 Å². The van der Waals surface area contributed by atoms with Crippen LogP contribution in [0.15, 0.2) is 29.3 Å². The Labute approximate surface area is 188 Å². The van der Waals surface area contributed by atoms with Gasteiger partial charge in [0.25, 0.3) is 0 Å². The third kappa shape index (κ3) is 9.30. The first kappa shape index (κ1) is 25.6. The Morgan fingerprint density at radius 2 is 2.07 bits per heavy atom. The van der Waals surface area contributed by atoms with Gasteiger partial charge in [0.15, 0.2) is 5.96 Å². The van der Waals surface area contributed by atoms with Crippen molar-refractivity contribution in [3.63, 3.8) is 0 Å². The summed E-state index contributed by atoms with van der Waals surface area (Å²) in [5.41, 5.74) is 0.684. The third-order valence-electron chi connectivity index (χ3n) is 4.36. The number of benzene rings is 1. The van der Waals surface area contributed by atoms with Crippen molar-refractivity contribution in [3.8, 4) is 5.75 Å². The van der Waals surface area contributed by atoms with E-state index in [1.165, 1.54) is 0 Å². The number of hydrogen-bond donors (Lipinski definition) is 2. The first-order chi connectivity index (χ1) is 13.6. The normalized spacial score (nSPS) is 16.7. The average molecular weight is 528 g/mol. The molecule has 1 aromatic carbocycles. The number of anilines is 1. The zero-order valence-corrected chi connectivity index (χ0v) is 19.2. The highest BCUT2D eigenvalue weighted by atomic mass is 127. The SMILES string of the molecule is CN=C(NCCCOCCOC)NC1CCN(c2ccccc2OC(F)F)C1.I. The molecule has 0 saturated carbocycles. The number of ether oxygens (including phenoxy) is 3. The van der Waals surface area contributed by atoms with Crippen molar-refractivity contribution in [1.29, 1.82) is 0 Å². The second-order valence-electron chi connectivity index (χ2n) is 6.38. The minimum Gasteiger partial charge on any atom is -0.433 e. The minimum absolute atomic E-state index is 0. The van der Waals surface area contributed by atoms with Crippen LogP contribution < -0.4 is 20.3 Å². The van der Waals surface area contributed by atoms with Crippen LogP contribution in [-0.4, -0.2) is 72.2 Å². The van der Waals surface area contributed by atoms with E-state index in [4.69, 9.17) is 9.47 Å². The molecule has 7 nitrogen and oxygen atoms in total. The molecule has 1 aliphatic rings. The number of aliphatic imine (C=N–C) groups is 1. The number of alkyl halides is 2. The average Bonchev–Trinajstić information content (AvgIpc) is 3.14. The van der Waals surface area contributed by atoms with Crippen molar-refractivity contribution in [3.05, 3.63) is 24.3 Å². The van der Waals surface area contributed by atoms with Gasteiger partial charge in [0.2, 0.25) is 0 Å². The standard InChI is InChI=1S/C19H30F2N4O3.HI/c1-22-19(23-9-5-11-27-13-12-26-2)24-15-8-10-25(14-15)16-6-3-4-7-17(16)28-18(20)21;/h3-4,6-7,15,18H,5,8-14H2,1-2H3,(H2,22,23,24);1H. The molecule has 1 aliphatic heterocycles. The van der Waals surface area contributed by atoms with Crippen LogP contribution in [0.25, 0.3) is 0 Å². The highest BCUT2D eigenvalue weighted by molar-refractivity contribution is 14.0. The van der Waals surface area contributed by atoms with E-state index in [-0.39, 0.29) is 35.8 Å². The molecule has 10 heteroatoms. The summed E-state index contributed by atoms with van der Waals surface area (Å²) in [4.78, 5) is 6.29. The zero-order valence-electron chi connectivity index (χ0n) is 16.9. The number of guanidine groups is 1. The summed E-state index contributed by atoms with van der Waals surface area (Å²) in [7, 11) is 3.37. The van der Waals surface area contributed by atoms with Crippen molar-refractivity contribution >= 4 is 35.6 Å². The van der Waals surface area contributed by atoms with E-state index >= 15 is 0 Å². The van der Waals surface area contributed by atoms with E-state index in [9.17, 15) is 8.78 Å². The molecule has 166 valence electrons. The van der Waals surface area contributed by atoms with Gasteiger partial charge in [-0.15, -0.1) is 24.0 Å². The summed E-state index contributed by atoms with van der Waals surface area (Å²) in [5.74, 6) is 0.926. The fourth-order valence-corrected chi connectivity index (χ4v) is 3.02. The van der Waals surface area contributed by atoms with Gasteiger partial charge in [0.05, 0.1) is 18.9 Å².